The van der Waals surface area contributed by atoms with E-state index in [1.807, 2.05) is 36.6 Å². The lowest BCUT2D eigenvalue weighted by atomic mass is 10.2. The van der Waals surface area contributed by atoms with E-state index in [1.54, 1.807) is 24.4 Å². The van der Waals surface area contributed by atoms with Crippen molar-refractivity contribution in [3.05, 3.63) is 110 Å². The number of hydrazone groups is 1. The molecule has 0 unspecified atom stereocenters. The highest BCUT2D eigenvalue weighted by atomic mass is 35.5. The van der Waals surface area contributed by atoms with Crippen LogP contribution in [0.25, 0.3) is 5.69 Å². The Morgan fingerprint density at radius 2 is 1.86 bits per heavy atom. The molecule has 0 fully saturated rings. The summed E-state index contributed by atoms with van der Waals surface area (Å²) in [6, 6.07) is 16.7. The molecule has 0 aliphatic heterocycles. The Morgan fingerprint density at radius 1 is 1.11 bits per heavy atom. The highest BCUT2D eigenvalue weighted by molar-refractivity contribution is 6.36. The van der Waals surface area contributed by atoms with Crippen molar-refractivity contribution in [3.8, 4) is 17.3 Å². The quantitative estimate of drug-likeness (QED) is 0.174. The summed E-state index contributed by atoms with van der Waals surface area (Å²) in [6.45, 7) is 3.90. The minimum Gasteiger partial charge on any atom is -0.439 e. The topological polar surface area (TPSA) is 112 Å². The van der Waals surface area contributed by atoms with Crippen molar-refractivity contribution < 1.29 is 14.5 Å². The lowest BCUT2D eigenvalue weighted by molar-refractivity contribution is -0.385. The lowest BCUT2D eigenvalue weighted by Crippen LogP contribution is -2.18. The van der Waals surface area contributed by atoms with Crippen LogP contribution in [-0.4, -0.2) is 26.6 Å². The van der Waals surface area contributed by atoms with Gasteiger partial charge in [0.05, 0.1) is 21.7 Å². The number of halogens is 2. The van der Waals surface area contributed by atoms with Gasteiger partial charge in [-0.25, -0.2) is 10.4 Å². The van der Waals surface area contributed by atoms with Gasteiger partial charge in [0.1, 0.15) is 11.9 Å². The monoisotopic (exact) mass is 523 g/mol. The maximum Gasteiger partial charge on any atom is 0.287 e. The normalized spacial score (nSPS) is 11.0. The second-order valence-corrected chi connectivity index (χ2v) is 8.54. The predicted octanol–water partition coefficient (Wildman–Crippen LogP) is 6.26. The van der Waals surface area contributed by atoms with Crippen molar-refractivity contribution >= 4 is 41.0 Å². The van der Waals surface area contributed by atoms with E-state index in [2.05, 4.69) is 15.5 Å². The number of nitro groups is 1. The van der Waals surface area contributed by atoms with Gasteiger partial charge in [0.15, 0.2) is 0 Å². The number of hydrogen-bond donors (Lipinski definition) is 1. The maximum atomic E-state index is 12.4. The van der Waals surface area contributed by atoms with Crippen LogP contribution >= 0.6 is 23.2 Å². The molecule has 0 saturated heterocycles. The van der Waals surface area contributed by atoms with Crippen molar-refractivity contribution in [1.82, 2.24) is 15.0 Å². The SMILES string of the molecule is Cc1cc(/C=N\NC(=O)c2ccc(Cl)cc2Cl)c(C)n1-c1ccc(Oc2ccc([N+](=O)[O-])cn2)cc1. The zero-order valence-electron chi connectivity index (χ0n) is 19.1. The van der Waals surface area contributed by atoms with E-state index in [-0.39, 0.29) is 22.2 Å². The molecule has 4 rings (SSSR count). The molecule has 0 bridgehead atoms. The largest absolute Gasteiger partial charge is 0.439 e. The summed E-state index contributed by atoms with van der Waals surface area (Å²) in [7, 11) is 0. The van der Waals surface area contributed by atoms with Gasteiger partial charge in [-0.1, -0.05) is 23.2 Å². The van der Waals surface area contributed by atoms with Gasteiger partial charge < -0.3 is 9.30 Å². The fourth-order valence-corrected chi connectivity index (χ4v) is 4.03. The summed E-state index contributed by atoms with van der Waals surface area (Å²) < 4.78 is 7.71. The van der Waals surface area contributed by atoms with Gasteiger partial charge in [-0.3, -0.25) is 14.9 Å². The highest BCUT2D eigenvalue weighted by Gasteiger charge is 2.12. The average Bonchev–Trinajstić information content (AvgIpc) is 3.12. The second kappa shape index (κ2) is 10.6. The predicted molar refractivity (Wildman–Crippen MR) is 138 cm³/mol. The molecule has 2 aromatic carbocycles. The molecule has 182 valence electrons. The molecule has 1 N–H and O–H groups in total. The van der Waals surface area contributed by atoms with Gasteiger partial charge in [-0.2, -0.15) is 5.10 Å². The van der Waals surface area contributed by atoms with Gasteiger partial charge in [-0.05, 0) is 62.4 Å². The van der Waals surface area contributed by atoms with E-state index in [4.69, 9.17) is 27.9 Å². The molecule has 0 atom stereocenters. The van der Waals surface area contributed by atoms with Crippen LogP contribution < -0.4 is 10.2 Å². The first kappa shape index (κ1) is 24.9. The standard InChI is InChI=1S/C25H19Cl2N5O4/c1-15-11-17(13-29-30-25(33)22-9-3-18(26)12-23(22)27)16(2)31(15)19-4-7-21(8-5-19)36-24-10-6-20(14-28-24)32(34)35/h3-14H,1-2H3,(H,30,33)/b29-13-. The van der Waals surface area contributed by atoms with Crippen LogP contribution in [0.5, 0.6) is 11.6 Å². The average molecular weight is 524 g/mol. The molecule has 2 aromatic heterocycles. The molecular formula is C25H19Cl2N5O4. The zero-order chi connectivity index (χ0) is 25.8. The highest BCUT2D eigenvalue weighted by Crippen LogP contribution is 2.25. The van der Waals surface area contributed by atoms with Gasteiger partial charge in [0.2, 0.25) is 5.88 Å². The molecule has 1 amide bonds. The van der Waals surface area contributed by atoms with Crippen molar-refractivity contribution in [2.45, 2.75) is 13.8 Å². The van der Waals surface area contributed by atoms with Crippen LogP contribution in [0.4, 0.5) is 5.69 Å². The van der Waals surface area contributed by atoms with E-state index in [0.29, 0.717) is 10.8 Å². The van der Waals surface area contributed by atoms with Crippen LogP contribution in [0.15, 0.2) is 72.0 Å². The first-order chi connectivity index (χ1) is 17.2. The van der Waals surface area contributed by atoms with Crippen LogP contribution in [0.3, 0.4) is 0 Å². The van der Waals surface area contributed by atoms with Crippen LogP contribution in [0.1, 0.15) is 27.3 Å². The summed E-state index contributed by atoms with van der Waals surface area (Å²) in [5.74, 6) is 0.342. The molecule has 0 aliphatic rings. The summed E-state index contributed by atoms with van der Waals surface area (Å²) in [4.78, 5) is 26.5. The molecule has 2 heterocycles. The first-order valence-electron chi connectivity index (χ1n) is 10.6. The third-order valence-corrected chi connectivity index (χ3v) is 5.81. The molecule has 0 aliphatic carbocycles. The number of hydrogen-bond acceptors (Lipinski definition) is 6. The Kier molecular flexibility index (Phi) is 7.33. The maximum absolute atomic E-state index is 12.4. The summed E-state index contributed by atoms with van der Waals surface area (Å²) >= 11 is 11.9. The Hall–Kier alpha value is -4.21. The molecule has 9 nitrogen and oxygen atoms in total. The summed E-state index contributed by atoms with van der Waals surface area (Å²) in [5.41, 5.74) is 6.24. The smallest absolute Gasteiger partial charge is 0.287 e. The molecule has 0 saturated carbocycles. The molecule has 36 heavy (non-hydrogen) atoms. The van der Waals surface area contributed by atoms with Crippen molar-refractivity contribution in [3.63, 3.8) is 0 Å². The zero-order valence-corrected chi connectivity index (χ0v) is 20.6. The number of nitrogens with one attached hydrogen (secondary N) is 1. The third kappa shape index (κ3) is 5.54. The van der Waals surface area contributed by atoms with E-state index in [0.717, 1.165) is 28.8 Å². The van der Waals surface area contributed by atoms with E-state index < -0.39 is 10.8 Å². The molecule has 4 aromatic rings. The number of aromatic nitrogens is 2. The Morgan fingerprint density at radius 3 is 2.50 bits per heavy atom. The van der Waals surface area contributed by atoms with E-state index in [9.17, 15) is 14.9 Å². The number of nitrogens with zero attached hydrogens (tertiary/aromatic N) is 4. The van der Waals surface area contributed by atoms with Crippen molar-refractivity contribution in [1.29, 1.82) is 0 Å². The number of rotatable bonds is 7. The van der Waals surface area contributed by atoms with Gasteiger partial charge in [0, 0.05) is 39.8 Å². The third-order valence-electron chi connectivity index (χ3n) is 5.26. The van der Waals surface area contributed by atoms with Crippen LogP contribution in [-0.2, 0) is 0 Å². The molecule has 0 spiro atoms. The van der Waals surface area contributed by atoms with Crippen molar-refractivity contribution in [2.24, 2.45) is 5.10 Å². The van der Waals surface area contributed by atoms with Crippen molar-refractivity contribution in [2.75, 3.05) is 0 Å². The molecule has 0 radical (unpaired) electrons. The van der Waals surface area contributed by atoms with Gasteiger partial charge in [0.25, 0.3) is 11.6 Å². The number of ether oxygens (including phenoxy) is 1. The lowest BCUT2D eigenvalue weighted by Gasteiger charge is -2.11. The molecule has 11 heteroatoms. The van der Waals surface area contributed by atoms with E-state index in [1.165, 1.54) is 24.3 Å². The fourth-order valence-electron chi connectivity index (χ4n) is 3.53. The number of carbonyl (C=O) groups is 1. The first-order valence-corrected chi connectivity index (χ1v) is 11.3. The minimum atomic E-state index is -0.518. The summed E-state index contributed by atoms with van der Waals surface area (Å²) in [6.07, 6.45) is 2.71. The number of pyridine rings is 1. The Labute approximate surface area is 216 Å². The fraction of sp³-hybridized carbons (Fsp3) is 0.0800. The molecular weight excluding hydrogens is 505 g/mol. The Bertz CT molecular complexity index is 1470. The van der Waals surface area contributed by atoms with Gasteiger partial charge in [-0.15, -0.1) is 0 Å². The number of amides is 1. The van der Waals surface area contributed by atoms with E-state index >= 15 is 0 Å². The van der Waals surface area contributed by atoms with Gasteiger partial charge >= 0.3 is 0 Å². The second-order valence-electron chi connectivity index (χ2n) is 7.69. The number of aryl methyl sites for hydroxylation is 1. The van der Waals surface area contributed by atoms with Crippen LogP contribution in [0, 0.1) is 24.0 Å². The number of benzene rings is 2. The Balaban J connectivity index is 1.46. The van der Waals surface area contributed by atoms with Crippen LogP contribution in [0.2, 0.25) is 10.0 Å². The minimum absolute atomic E-state index is 0.107. The summed E-state index contributed by atoms with van der Waals surface area (Å²) in [5, 5.41) is 15.5. The number of carbonyl (C=O) groups excluding carboxylic acids is 1.